The Kier molecular flexibility index (Phi) is 5.53. The second kappa shape index (κ2) is 9.46. The zero-order valence-corrected chi connectivity index (χ0v) is 20.5. The van der Waals surface area contributed by atoms with E-state index in [1.54, 1.807) is 18.7 Å². The summed E-state index contributed by atoms with van der Waals surface area (Å²) in [5.41, 5.74) is 10.2. The van der Waals surface area contributed by atoms with Crippen LogP contribution in [0.5, 0.6) is 0 Å². The summed E-state index contributed by atoms with van der Waals surface area (Å²) in [5, 5.41) is 13.4. The number of benzene rings is 2. The maximum Gasteiger partial charge on any atom is 0.138 e. The molecule has 0 aliphatic heterocycles. The molecule has 5 aromatic heterocycles. The monoisotopic (exact) mass is 496 g/mol. The average molecular weight is 497 g/mol. The first kappa shape index (κ1) is 22.2. The molecule has 0 saturated heterocycles. The molecule has 3 N–H and O–H groups in total. The third kappa shape index (κ3) is 4.15. The van der Waals surface area contributed by atoms with Gasteiger partial charge in [0.25, 0.3) is 0 Å². The van der Waals surface area contributed by atoms with E-state index in [1.807, 2.05) is 30.6 Å². The van der Waals surface area contributed by atoms with Crippen molar-refractivity contribution < 1.29 is 4.42 Å². The van der Waals surface area contributed by atoms with Crippen LogP contribution in [0.4, 0.5) is 0 Å². The van der Waals surface area contributed by atoms with Crippen LogP contribution in [-0.2, 0) is 13.1 Å². The van der Waals surface area contributed by atoms with Crippen LogP contribution < -0.4 is 5.32 Å². The normalized spacial score (nSPS) is 11.5. The zero-order valence-electron chi connectivity index (χ0n) is 20.5. The minimum atomic E-state index is 0.746. The van der Waals surface area contributed by atoms with Gasteiger partial charge in [-0.15, -0.1) is 0 Å². The fourth-order valence-electron chi connectivity index (χ4n) is 4.91. The van der Waals surface area contributed by atoms with Crippen LogP contribution in [0.2, 0.25) is 0 Å². The predicted octanol–water partition coefficient (Wildman–Crippen LogP) is 6.72. The Labute approximate surface area is 218 Å². The SMILES string of the molecule is c1ccc(CNCc2cncc(-c3ccc4[nH]nc(-c5cc6c(-c7ccoc7)ccnc6[nH]5)c4c3)c2)cc1. The average Bonchev–Trinajstić information content (AvgIpc) is 3.73. The van der Waals surface area contributed by atoms with Crippen molar-refractivity contribution in [3.05, 3.63) is 115 Å². The third-order valence-corrected chi connectivity index (χ3v) is 6.81. The summed E-state index contributed by atoms with van der Waals surface area (Å²) in [4.78, 5) is 12.5. The van der Waals surface area contributed by atoms with Gasteiger partial charge in [0.15, 0.2) is 0 Å². The number of aromatic amines is 2. The maximum atomic E-state index is 5.30. The molecule has 7 nitrogen and oxygen atoms in total. The number of furan rings is 1. The molecule has 5 heterocycles. The smallest absolute Gasteiger partial charge is 0.138 e. The number of fused-ring (bicyclic) bond motifs is 2. The fourth-order valence-corrected chi connectivity index (χ4v) is 4.91. The van der Waals surface area contributed by atoms with Crippen molar-refractivity contribution in [2.45, 2.75) is 13.1 Å². The fraction of sp³-hybridized carbons (Fsp3) is 0.0645. The summed E-state index contributed by atoms with van der Waals surface area (Å²) in [6, 6.07) is 25.0. The Morgan fingerprint density at radius 3 is 2.61 bits per heavy atom. The standard InChI is InChI=1S/C31H24N6O/c1-2-4-20(5-3-1)15-32-16-21-12-24(18-33-17-21)22-6-7-28-27(13-22)30(37-36-28)29-14-26-25(23-9-11-38-19-23)8-10-34-31(26)35-29/h1-14,17-19,32H,15-16H2,(H,34,35)(H,36,37). The van der Waals surface area contributed by atoms with Crippen LogP contribution in [0.15, 0.2) is 108 Å². The first-order valence-electron chi connectivity index (χ1n) is 12.5. The topological polar surface area (TPSA) is 95.4 Å². The van der Waals surface area contributed by atoms with Crippen molar-refractivity contribution in [2.24, 2.45) is 0 Å². The second-order valence-electron chi connectivity index (χ2n) is 9.32. The molecule has 0 spiro atoms. The molecule has 0 saturated carbocycles. The number of rotatable bonds is 7. The number of nitrogens with zero attached hydrogens (tertiary/aromatic N) is 3. The number of hydrogen-bond acceptors (Lipinski definition) is 5. The first-order valence-corrected chi connectivity index (χ1v) is 12.5. The van der Waals surface area contributed by atoms with Gasteiger partial charge in [0.2, 0.25) is 0 Å². The van der Waals surface area contributed by atoms with Crippen molar-refractivity contribution >= 4 is 21.9 Å². The summed E-state index contributed by atoms with van der Waals surface area (Å²) in [6.07, 6.45) is 9.06. The van der Waals surface area contributed by atoms with Gasteiger partial charge in [0.1, 0.15) is 11.3 Å². The number of aromatic nitrogens is 5. The summed E-state index contributed by atoms with van der Waals surface area (Å²) in [7, 11) is 0. The van der Waals surface area contributed by atoms with Crippen molar-refractivity contribution in [1.82, 2.24) is 30.5 Å². The minimum absolute atomic E-state index is 0.746. The van der Waals surface area contributed by atoms with Gasteiger partial charge in [0.05, 0.1) is 23.7 Å². The molecule has 0 amide bonds. The molecular weight excluding hydrogens is 472 g/mol. The Morgan fingerprint density at radius 2 is 1.71 bits per heavy atom. The van der Waals surface area contributed by atoms with Crippen LogP contribution in [0.25, 0.3) is 55.6 Å². The lowest BCUT2D eigenvalue weighted by Gasteiger charge is -2.08. The summed E-state index contributed by atoms with van der Waals surface area (Å²) >= 11 is 0. The maximum absolute atomic E-state index is 5.30. The largest absolute Gasteiger partial charge is 0.472 e. The summed E-state index contributed by atoms with van der Waals surface area (Å²) < 4.78 is 5.30. The van der Waals surface area contributed by atoms with Gasteiger partial charge in [-0.1, -0.05) is 36.4 Å². The Balaban J connectivity index is 1.20. The predicted molar refractivity (Wildman–Crippen MR) is 149 cm³/mol. The Bertz CT molecular complexity index is 1850. The minimum Gasteiger partial charge on any atom is -0.472 e. The molecule has 0 bridgehead atoms. The van der Waals surface area contributed by atoms with Crippen LogP contribution in [-0.4, -0.2) is 25.1 Å². The molecule has 0 radical (unpaired) electrons. The third-order valence-electron chi connectivity index (χ3n) is 6.81. The van der Waals surface area contributed by atoms with Gasteiger partial charge in [-0.05, 0) is 58.7 Å². The molecule has 0 atom stereocenters. The molecular formula is C31H24N6O. The highest BCUT2D eigenvalue weighted by atomic mass is 16.3. The lowest BCUT2D eigenvalue weighted by molar-refractivity contribution is 0.568. The van der Waals surface area contributed by atoms with Gasteiger partial charge in [-0.2, -0.15) is 5.10 Å². The van der Waals surface area contributed by atoms with Gasteiger partial charge in [0, 0.05) is 53.6 Å². The van der Waals surface area contributed by atoms with E-state index in [-0.39, 0.29) is 0 Å². The molecule has 2 aromatic carbocycles. The molecule has 0 aliphatic carbocycles. The van der Waals surface area contributed by atoms with E-state index in [4.69, 9.17) is 4.42 Å². The van der Waals surface area contributed by atoms with Crippen LogP contribution in [0.3, 0.4) is 0 Å². The molecule has 0 aliphatic rings. The van der Waals surface area contributed by atoms with Gasteiger partial charge < -0.3 is 14.7 Å². The van der Waals surface area contributed by atoms with Crippen molar-refractivity contribution in [2.75, 3.05) is 0 Å². The Morgan fingerprint density at radius 1 is 0.789 bits per heavy atom. The number of H-pyrrole nitrogens is 2. The summed E-state index contributed by atoms with van der Waals surface area (Å²) in [6.45, 7) is 1.56. The summed E-state index contributed by atoms with van der Waals surface area (Å²) in [5.74, 6) is 0. The van der Waals surface area contributed by atoms with E-state index in [0.29, 0.717) is 0 Å². The van der Waals surface area contributed by atoms with Gasteiger partial charge in [-0.25, -0.2) is 4.98 Å². The number of nitrogens with one attached hydrogen (secondary N) is 3. The highest BCUT2D eigenvalue weighted by Gasteiger charge is 2.15. The van der Waals surface area contributed by atoms with E-state index in [0.717, 1.165) is 74.2 Å². The quantitative estimate of drug-likeness (QED) is 0.228. The van der Waals surface area contributed by atoms with Crippen LogP contribution in [0.1, 0.15) is 11.1 Å². The molecule has 7 rings (SSSR count). The lowest BCUT2D eigenvalue weighted by atomic mass is 10.0. The number of hydrogen-bond donors (Lipinski definition) is 3. The van der Waals surface area contributed by atoms with Crippen molar-refractivity contribution in [1.29, 1.82) is 0 Å². The molecule has 38 heavy (non-hydrogen) atoms. The van der Waals surface area contributed by atoms with E-state index in [1.165, 1.54) is 5.56 Å². The highest BCUT2D eigenvalue weighted by molar-refractivity contribution is 6.00. The van der Waals surface area contributed by atoms with Gasteiger partial charge in [-0.3, -0.25) is 10.1 Å². The molecule has 7 aromatic rings. The molecule has 184 valence electrons. The van der Waals surface area contributed by atoms with Crippen LogP contribution in [0, 0.1) is 0 Å². The molecule has 0 unspecified atom stereocenters. The highest BCUT2D eigenvalue weighted by Crippen LogP contribution is 2.34. The number of pyridine rings is 2. The van der Waals surface area contributed by atoms with Crippen LogP contribution >= 0.6 is 0 Å². The van der Waals surface area contributed by atoms with Crippen molar-refractivity contribution in [3.63, 3.8) is 0 Å². The first-order chi connectivity index (χ1) is 18.8. The zero-order chi connectivity index (χ0) is 25.3. The van der Waals surface area contributed by atoms with E-state index in [9.17, 15) is 0 Å². The second-order valence-corrected chi connectivity index (χ2v) is 9.32. The Hall–Kier alpha value is -5.01. The van der Waals surface area contributed by atoms with Gasteiger partial charge >= 0.3 is 0 Å². The van der Waals surface area contributed by atoms with Crippen molar-refractivity contribution in [3.8, 4) is 33.6 Å². The van der Waals surface area contributed by atoms with E-state index in [2.05, 4.69) is 85.1 Å². The van der Waals surface area contributed by atoms with E-state index >= 15 is 0 Å². The molecule has 0 fully saturated rings. The van der Waals surface area contributed by atoms with E-state index < -0.39 is 0 Å². The lowest BCUT2D eigenvalue weighted by Crippen LogP contribution is -2.12. The molecule has 7 heteroatoms.